The predicted octanol–water partition coefficient (Wildman–Crippen LogP) is 4.65. The van der Waals surface area contributed by atoms with E-state index < -0.39 is 5.97 Å². The molecule has 3 rings (SSSR count). The van der Waals surface area contributed by atoms with Gasteiger partial charge in [-0.15, -0.1) is 22.7 Å². The summed E-state index contributed by atoms with van der Waals surface area (Å²) in [6, 6.07) is 11.2. The Morgan fingerprint density at radius 3 is 2.52 bits per heavy atom. The van der Waals surface area contributed by atoms with Crippen molar-refractivity contribution in [2.75, 3.05) is 17.7 Å². The molecule has 0 radical (unpaired) electrons. The minimum absolute atomic E-state index is 0.194. The van der Waals surface area contributed by atoms with Crippen molar-refractivity contribution >= 4 is 51.1 Å². The zero-order valence-corrected chi connectivity index (χ0v) is 17.8. The van der Waals surface area contributed by atoms with Crippen molar-refractivity contribution in [3.05, 3.63) is 68.2 Å². The Hall–Kier alpha value is -2.97. The second kappa shape index (κ2) is 9.02. The first-order valence-corrected chi connectivity index (χ1v) is 10.5. The zero-order chi connectivity index (χ0) is 21.0. The molecular weight excluding hydrogens is 408 g/mol. The lowest BCUT2D eigenvalue weighted by molar-refractivity contribution is -0.115. The largest absolute Gasteiger partial charge is 0.465 e. The number of rotatable bonds is 6. The summed E-state index contributed by atoms with van der Waals surface area (Å²) < 4.78 is 4.86. The van der Waals surface area contributed by atoms with Crippen LogP contribution in [0.5, 0.6) is 0 Å². The maximum atomic E-state index is 12.8. The van der Waals surface area contributed by atoms with E-state index in [1.54, 1.807) is 13.0 Å². The Balaban J connectivity index is 1.87. The molecule has 0 saturated heterocycles. The van der Waals surface area contributed by atoms with Crippen LogP contribution in [0.25, 0.3) is 0 Å². The molecule has 2 heterocycles. The lowest BCUT2D eigenvalue weighted by Gasteiger charge is -2.06. The third kappa shape index (κ3) is 4.90. The fraction of sp³-hybridized carbons (Fsp3) is 0.190. The number of thiophene rings is 2. The molecule has 0 aliphatic heterocycles. The molecule has 6 nitrogen and oxygen atoms in total. The smallest absolute Gasteiger partial charge is 0.341 e. The van der Waals surface area contributed by atoms with Crippen LogP contribution in [0.4, 0.5) is 10.7 Å². The molecule has 8 heteroatoms. The van der Waals surface area contributed by atoms with Gasteiger partial charge >= 0.3 is 5.97 Å². The van der Waals surface area contributed by atoms with Gasteiger partial charge in [0.2, 0.25) is 5.91 Å². The van der Waals surface area contributed by atoms with Gasteiger partial charge in [0.05, 0.1) is 24.0 Å². The molecule has 2 N–H and O–H groups in total. The summed E-state index contributed by atoms with van der Waals surface area (Å²) in [5, 5.41) is 7.80. The van der Waals surface area contributed by atoms with Crippen LogP contribution in [0.3, 0.4) is 0 Å². The number of hydrogen-bond acceptors (Lipinski definition) is 6. The van der Waals surface area contributed by atoms with Crippen LogP contribution in [0.1, 0.15) is 36.0 Å². The highest BCUT2D eigenvalue weighted by molar-refractivity contribution is 7.19. The van der Waals surface area contributed by atoms with Crippen molar-refractivity contribution in [1.29, 1.82) is 0 Å². The first-order valence-electron chi connectivity index (χ1n) is 8.81. The summed E-state index contributed by atoms with van der Waals surface area (Å²) in [5.41, 5.74) is 2.35. The lowest BCUT2D eigenvalue weighted by Crippen LogP contribution is -2.15. The molecule has 1 aromatic carbocycles. The van der Waals surface area contributed by atoms with Gasteiger partial charge in [-0.25, -0.2) is 4.79 Å². The summed E-state index contributed by atoms with van der Waals surface area (Å²) in [7, 11) is 1.27. The first kappa shape index (κ1) is 20.8. The van der Waals surface area contributed by atoms with Crippen LogP contribution < -0.4 is 10.6 Å². The molecule has 0 unspecified atom stereocenters. The van der Waals surface area contributed by atoms with Crippen LogP contribution in [-0.2, 0) is 16.0 Å². The van der Waals surface area contributed by atoms with E-state index in [-0.39, 0.29) is 23.8 Å². The number of methoxy groups -OCH3 is 1. The van der Waals surface area contributed by atoms with E-state index in [1.165, 1.54) is 18.4 Å². The third-order valence-corrected chi connectivity index (χ3v) is 6.27. The van der Waals surface area contributed by atoms with Gasteiger partial charge in [-0.3, -0.25) is 9.59 Å². The second-order valence-corrected chi connectivity index (χ2v) is 8.43. The molecule has 3 aromatic rings. The monoisotopic (exact) mass is 428 g/mol. The maximum Gasteiger partial charge on any atom is 0.341 e. The van der Waals surface area contributed by atoms with Crippen molar-refractivity contribution in [2.24, 2.45) is 0 Å². The first-order chi connectivity index (χ1) is 13.9. The maximum absolute atomic E-state index is 12.8. The number of benzene rings is 1. The average molecular weight is 429 g/mol. The fourth-order valence-electron chi connectivity index (χ4n) is 2.82. The molecule has 0 fully saturated rings. The van der Waals surface area contributed by atoms with Gasteiger partial charge < -0.3 is 15.4 Å². The van der Waals surface area contributed by atoms with E-state index in [0.29, 0.717) is 21.1 Å². The molecule has 2 amide bonds. The summed E-state index contributed by atoms with van der Waals surface area (Å²) in [6.07, 6.45) is 0.194. The molecule has 150 valence electrons. The Labute approximate surface area is 176 Å². The number of ether oxygens (including phenoxy) is 1. The van der Waals surface area contributed by atoms with E-state index in [2.05, 4.69) is 10.6 Å². The van der Waals surface area contributed by atoms with Gasteiger partial charge in [-0.1, -0.05) is 18.2 Å². The topological polar surface area (TPSA) is 84.5 Å². The van der Waals surface area contributed by atoms with Gasteiger partial charge in [0.1, 0.15) is 5.00 Å². The molecule has 0 saturated carbocycles. The van der Waals surface area contributed by atoms with Crippen molar-refractivity contribution in [1.82, 2.24) is 0 Å². The summed E-state index contributed by atoms with van der Waals surface area (Å²) in [5.74, 6) is -1.20. The predicted molar refractivity (Wildman–Crippen MR) is 116 cm³/mol. The molecule has 0 atom stereocenters. The van der Waals surface area contributed by atoms with Crippen LogP contribution in [0.2, 0.25) is 0 Å². The van der Waals surface area contributed by atoms with Crippen molar-refractivity contribution in [2.45, 2.75) is 20.3 Å². The summed E-state index contributed by atoms with van der Waals surface area (Å²) >= 11 is 2.54. The van der Waals surface area contributed by atoms with Gasteiger partial charge in [0.25, 0.3) is 5.91 Å². The number of hydrogen-bond donors (Lipinski definition) is 2. The number of aryl methyl sites for hydroxylation is 1. The van der Waals surface area contributed by atoms with Crippen LogP contribution >= 0.6 is 22.7 Å². The van der Waals surface area contributed by atoms with E-state index in [0.717, 1.165) is 21.8 Å². The highest BCUT2D eigenvalue weighted by Gasteiger charge is 2.26. The van der Waals surface area contributed by atoms with Crippen LogP contribution in [0.15, 0.2) is 41.8 Å². The van der Waals surface area contributed by atoms with Gasteiger partial charge in [-0.05, 0) is 48.6 Å². The molecule has 2 aromatic heterocycles. The van der Waals surface area contributed by atoms with E-state index >= 15 is 0 Å². The van der Waals surface area contributed by atoms with E-state index in [9.17, 15) is 14.4 Å². The van der Waals surface area contributed by atoms with Gasteiger partial charge in [0, 0.05) is 10.6 Å². The second-order valence-electron chi connectivity index (χ2n) is 6.38. The number of nitrogens with one attached hydrogen (secondary N) is 2. The van der Waals surface area contributed by atoms with Crippen molar-refractivity contribution in [3.63, 3.8) is 0 Å². The number of carbonyl (C=O) groups excluding carboxylic acids is 3. The summed E-state index contributed by atoms with van der Waals surface area (Å²) in [4.78, 5) is 38.8. The highest BCUT2D eigenvalue weighted by atomic mass is 32.1. The van der Waals surface area contributed by atoms with E-state index in [4.69, 9.17) is 4.74 Å². The average Bonchev–Trinajstić information content (AvgIpc) is 3.29. The Morgan fingerprint density at radius 2 is 1.86 bits per heavy atom. The molecule has 0 aliphatic rings. The standard InChI is InChI=1S/C21H20N2O4S2/c1-12-6-4-7-14(10-12)22-19(25)18-13(2)17(21(26)27-3)20(29-18)23-16(24)11-15-8-5-9-28-15/h4-10H,11H2,1-3H3,(H,22,25)(H,23,24). The number of esters is 1. The van der Waals surface area contributed by atoms with Gasteiger partial charge in [0.15, 0.2) is 0 Å². The fourth-order valence-corrected chi connectivity index (χ4v) is 4.63. The number of carbonyl (C=O) groups is 3. The minimum atomic E-state index is -0.597. The van der Waals surface area contributed by atoms with Gasteiger partial charge in [-0.2, -0.15) is 0 Å². The van der Waals surface area contributed by atoms with Crippen molar-refractivity contribution in [3.8, 4) is 0 Å². The van der Waals surface area contributed by atoms with Crippen LogP contribution in [0, 0.1) is 13.8 Å². The Kier molecular flexibility index (Phi) is 6.46. The Bertz CT molecular complexity index is 1050. The number of amides is 2. The minimum Gasteiger partial charge on any atom is -0.465 e. The third-order valence-electron chi connectivity index (χ3n) is 4.19. The molecule has 0 bridgehead atoms. The van der Waals surface area contributed by atoms with Crippen molar-refractivity contribution < 1.29 is 19.1 Å². The Morgan fingerprint density at radius 1 is 1.07 bits per heavy atom. The zero-order valence-electron chi connectivity index (χ0n) is 16.2. The highest BCUT2D eigenvalue weighted by Crippen LogP contribution is 2.34. The van der Waals surface area contributed by atoms with E-state index in [1.807, 2.05) is 42.6 Å². The molecule has 29 heavy (non-hydrogen) atoms. The molecular formula is C21H20N2O4S2. The summed E-state index contributed by atoms with van der Waals surface area (Å²) in [6.45, 7) is 3.60. The molecule has 0 spiro atoms. The SMILES string of the molecule is COC(=O)c1c(NC(=O)Cc2cccs2)sc(C(=O)Nc2cccc(C)c2)c1C. The number of anilines is 2. The lowest BCUT2D eigenvalue weighted by atomic mass is 10.1. The normalized spacial score (nSPS) is 10.4. The van der Waals surface area contributed by atoms with Crippen LogP contribution in [-0.4, -0.2) is 24.9 Å². The quantitative estimate of drug-likeness (QED) is 0.560. The molecule has 0 aliphatic carbocycles.